The molecule has 0 aliphatic rings. The van der Waals surface area contributed by atoms with Crippen LogP contribution in [0.2, 0.25) is 0 Å². The van der Waals surface area contributed by atoms with Crippen molar-refractivity contribution < 1.29 is 27.5 Å². The minimum Gasteiger partial charge on any atom is -0.482 e. The molecule has 2 N–H and O–H groups in total. The summed E-state index contributed by atoms with van der Waals surface area (Å²) in [5.74, 6) is -0.851. The zero-order valence-electron chi connectivity index (χ0n) is 15.7. The largest absolute Gasteiger partial charge is 0.482 e. The topological polar surface area (TPSA) is 67.4 Å². The lowest BCUT2D eigenvalue weighted by atomic mass is 9.95. The van der Waals surface area contributed by atoms with E-state index in [1.807, 2.05) is 0 Å². The van der Waals surface area contributed by atoms with Crippen LogP contribution in [0.5, 0.6) is 5.75 Å². The first-order chi connectivity index (χ1) is 13.0. The molecule has 0 heterocycles. The molecule has 2 aromatic rings. The first-order valence-corrected chi connectivity index (χ1v) is 8.47. The van der Waals surface area contributed by atoms with Crippen LogP contribution >= 0.6 is 0 Å². The van der Waals surface area contributed by atoms with Crippen LogP contribution in [0.4, 0.5) is 24.5 Å². The second kappa shape index (κ2) is 8.33. The number of rotatable bonds is 5. The lowest BCUT2D eigenvalue weighted by Crippen LogP contribution is -2.27. The van der Waals surface area contributed by atoms with Gasteiger partial charge in [0.05, 0.1) is 5.69 Å². The molecule has 0 atom stereocenters. The number of halogens is 3. The van der Waals surface area contributed by atoms with E-state index in [2.05, 4.69) is 10.6 Å². The standard InChI is InChI=1S/C20H21F3N2O3/c1-19(2,3)18(27)24-14-8-6-7-13(11-14)17(26)25-15-9-4-5-10-16(15)28-12-20(21,22)23/h4-11H,12H2,1-3H3,(H,24,27)(H,25,26). The van der Waals surface area contributed by atoms with Crippen molar-refractivity contribution in [3.63, 3.8) is 0 Å². The molecule has 8 heteroatoms. The molecule has 0 saturated carbocycles. The van der Waals surface area contributed by atoms with Gasteiger partial charge in [-0.2, -0.15) is 13.2 Å². The number of carbonyl (C=O) groups excluding carboxylic acids is 2. The third kappa shape index (κ3) is 6.29. The number of hydrogen-bond donors (Lipinski definition) is 2. The number of nitrogens with one attached hydrogen (secondary N) is 2. The summed E-state index contributed by atoms with van der Waals surface area (Å²) < 4.78 is 41.9. The van der Waals surface area contributed by atoms with Crippen molar-refractivity contribution in [2.75, 3.05) is 17.2 Å². The number of amides is 2. The van der Waals surface area contributed by atoms with Gasteiger partial charge in [0.25, 0.3) is 5.91 Å². The van der Waals surface area contributed by atoms with Crippen LogP contribution in [0, 0.1) is 5.41 Å². The normalized spacial score (nSPS) is 11.6. The van der Waals surface area contributed by atoms with E-state index in [0.717, 1.165) is 0 Å². The Bertz CT molecular complexity index is 858. The molecule has 0 aliphatic carbocycles. The molecular formula is C20H21F3N2O3. The highest BCUT2D eigenvalue weighted by Gasteiger charge is 2.29. The van der Waals surface area contributed by atoms with Crippen LogP contribution in [0.3, 0.4) is 0 Å². The van der Waals surface area contributed by atoms with Gasteiger partial charge in [-0.3, -0.25) is 9.59 Å². The van der Waals surface area contributed by atoms with Crippen molar-refractivity contribution in [2.24, 2.45) is 5.41 Å². The highest BCUT2D eigenvalue weighted by molar-refractivity contribution is 6.06. The molecule has 2 aromatic carbocycles. The molecule has 5 nitrogen and oxygen atoms in total. The molecule has 0 radical (unpaired) electrons. The fourth-order valence-corrected chi connectivity index (χ4v) is 2.11. The van der Waals surface area contributed by atoms with Crippen LogP contribution in [-0.2, 0) is 4.79 Å². The van der Waals surface area contributed by atoms with Crippen LogP contribution < -0.4 is 15.4 Å². The first kappa shape index (κ1) is 21.3. The summed E-state index contributed by atoms with van der Waals surface area (Å²) >= 11 is 0. The maximum absolute atomic E-state index is 12.5. The van der Waals surface area contributed by atoms with Gasteiger partial charge in [-0.15, -0.1) is 0 Å². The smallest absolute Gasteiger partial charge is 0.422 e. The fraction of sp³-hybridized carbons (Fsp3) is 0.300. The van der Waals surface area contributed by atoms with Gasteiger partial charge in [0.2, 0.25) is 5.91 Å². The van der Waals surface area contributed by atoms with Crippen molar-refractivity contribution in [1.82, 2.24) is 0 Å². The monoisotopic (exact) mass is 394 g/mol. The number of anilines is 2. The number of carbonyl (C=O) groups is 2. The molecule has 0 bridgehead atoms. The maximum atomic E-state index is 12.5. The Kier molecular flexibility index (Phi) is 6.33. The van der Waals surface area contributed by atoms with E-state index < -0.39 is 24.1 Å². The molecule has 0 aromatic heterocycles. The third-order valence-electron chi connectivity index (χ3n) is 3.59. The van der Waals surface area contributed by atoms with E-state index in [1.54, 1.807) is 39.0 Å². The third-order valence-corrected chi connectivity index (χ3v) is 3.59. The first-order valence-electron chi connectivity index (χ1n) is 8.47. The Labute approximate surface area is 160 Å². The summed E-state index contributed by atoms with van der Waals surface area (Å²) in [6.45, 7) is 3.82. The van der Waals surface area contributed by atoms with Gasteiger partial charge in [0.15, 0.2) is 6.61 Å². The molecule has 2 rings (SSSR count). The van der Waals surface area contributed by atoms with Crippen LogP contribution in [0.15, 0.2) is 48.5 Å². The Hall–Kier alpha value is -3.03. The zero-order chi connectivity index (χ0) is 20.9. The molecule has 28 heavy (non-hydrogen) atoms. The van der Waals surface area contributed by atoms with E-state index in [9.17, 15) is 22.8 Å². The Balaban J connectivity index is 2.14. The lowest BCUT2D eigenvalue weighted by molar-refractivity contribution is -0.153. The van der Waals surface area contributed by atoms with Gasteiger partial charge in [-0.05, 0) is 30.3 Å². The average Bonchev–Trinajstić information content (AvgIpc) is 2.59. The van der Waals surface area contributed by atoms with E-state index in [0.29, 0.717) is 5.69 Å². The fourth-order valence-electron chi connectivity index (χ4n) is 2.11. The molecule has 0 saturated heterocycles. The summed E-state index contributed by atoms with van der Waals surface area (Å²) in [5.41, 5.74) is 0.180. The SMILES string of the molecule is CC(C)(C)C(=O)Nc1cccc(C(=O)Nc2ccccc2OCC(F)(F)F)c1. The van der Waals surface area contributed by atoms with Gasteiger partial charge < -0.3 is 15.4 Å². The van der Waals surface area contributed by atoms with E-state index in [-0.39, 0.29) is 22.9 Å². The highest BCUT2D eigenvalue weighted by Crippen LogP contribution is 2.27. The second-order valence-electron chi connectivity index (χ2n) is 7.14. The van der Waals surface area contributed by atoms with Gasteiger partial charge in [0, 0.05) is 16.7 Å². The van der Waals surface area contributed by atoms with Crippen LogP contribution in [-0.4, -0.2) is 24.6 Å². The van der Waals surface area contributed by atoms with E-state index in [1.165, 1.54) is 30.3 Å². The quantitative estimate of drug-likeness (QED) is 0.761. The van der Waals surface area contributed by atoms with E-state index in [4.69, 9.17) is 4.74 Å². The number of alkyl halides is 3. The molecule has 0 spiro atoms. The molecule has 0 fully saturated rings. The summed E-state index contributed by atoms with van der Waals surface area (Å²) in [5, 5.41) is 5.25. The van der Waals surface area contributed by atoms with Crippen LogP contribution in [0.25, 0.3) is 0 Å². The number of ether oxygens (including phenoxy) is 1. The van der Waals surface area contributed by atoms with Crippen LogP contribution in [0.1, 0.15) is 31.1 Å². The summed E-state index contributed by atoms with van der Waals surface area (Å²) in [6, 6.07) is 12.1. The Morgan fingerprint density at radius 3 is 2.29 bits per heavy atom. The number of benzene rings is 2. The molecule has 0 aliphatic heterocycles. The zero-order valence-corrected chi connectivity index (χ0v) is 15.7. The van der Waals surface area contributed by atoms with Crippen molar-refractivity contribution in [1.29, 1.82) is 0 Å². The minimum atomic E-state index is -4.49. The summed E-state index contributed by atoms with van der Waals surface area (Å²) in [6.07, 6.45) is -4.49. The van der Waals surface area contributed by atoms with Crippen molar-refractivity contribution >= 4 is 23.2 Å². The van der Waals surface area contributed by atoms with Crippen molar-refractivity contribution in [2.45, 2.75) is 26.9 Å². The summed E-state index contributed by atoms with van der Waals surface area (Å²) in [4.78, 5) is 24.6. The number of hydrogen-bond acceptors (Lipinski definition) is 3. The molecular weight excluding hydrogens is 373 g/mol. The minimum absolute atomic E-state index is 0.0923. The van der Waals surface area contributed by atoms with Crippen molar-refractivity contribution in [3.05, 3.63) is 54.1 Å². The average molecular weight is 394 g/mol. The molecule has 2 amide bonds. The molecule has 150 valence electrons. The van der Waals surface area contributed by atoms with Crippen molar-refractivity contribution in [3.8, 4) is 5.75 Å². The van der Waals surface area contributed by atoms with Gasteiger partial charge >= 0.3 is 6.18 Å². The Morgan fingerprint density at radius 1 is 0.964 bits per heavy atom. The number of para-hydroxylation sites is 2. The predicted molar refractivity (Wildman–Crippen MR) is 100 cm³/mol. The van der Waals surface area contributed by atoms with Gasteiger partial charge in [0.1, 0.15) is 5.75 Å². The Morgan fingerprint density at radius 2 is 1.64 bits per heavy atom. The summed E-state index contributed by atoms with van der Waals surface area (Å²) in [7, 11) is 0. The highest BCUT2D eigenvalue weighted by atomic mass is 19.4. The van der Waals surface area contributed by atoms with Gasteiger partial charge in [-0.1, -0.05) is 39.0 Å². The molecule has 0 unspecified atom stereocenters. The second-order valence-corrected chi connectivity index (χ2v) is 7.14. The maximum Gasteiger partial charge on any atom is 0.422 e. The predicted octanol–water partition coefficient (Wildman–Crippen LogP) is 4.86. The lowest BCUT2D eigenvalue weighted by Gasteiger charge is -2.18. The van der Waals surface area contributed by atoms with E-state index >= 15 is 0 Å². The van der Waals surface area contributed by atoms with Gasteiger partial charge in [-0.25, -0.2) is 0 Å².